The number of para-hydroxylation sites is 1. The minimum atomic E-state index is 0.154. The Morgan fingerprint density at radius 1 is 1.00 bits per heavy atom. The predicted molar refractivity (Wildman–Crippen MR) is 86.4 cm³/mol. The quantitative estimate of drug-likeness (QED) is 0.924. The summed E-state index contributed by atoms with van der Waals surface area (Å²) in [5.74, 6) is 0.434. The van der Waals surface area contributed by atoms with Crippen molar-refractivity contribution in [3.63, 3.8) is 0 Å². The number of carbonyl (C=O) groups excluding carboxylic acids is 1. The molecule has 0 unspecified atom stereocenters. The number of amides is 1. The zero-order chi connectivity index (χ0) is 14.5. The molecule has 21 heavy (non-hydrogen) atoms. The van der Waals surface area contributed by atoms with Crippen molar-refractivity contribution in [2.24, 2.45) is 5.92 Å². The number of piperidine rings is 1. The number of nitrogens with zero attached hydrogens (tertiary/aromatic N) is 1. The molecule has 1 aromatic carbocycles. The van der Waals surface area contributed by atoms with Crippen LogP contribution in [0.3, 0.4) is 0 Å². The second-order valence-corrected chi connectivity index (χ2v) is 6.46. The van der Waals surface area contributed by atoms with Gasteiger partial charge < -0.3 is 10.2 Å². The normalized spacial score (nSPS) is 23.8. The van der Waals surface area contributed by atoms with Crippen LogP contribution >= 0.6 is 0 Å². The lowest BCUT2D eigenvalue weighted by atomic mass is 9.93. The molecule has 3 nitrogen and oxygen atoms in total. The maximum absolute atomic E-state index is 12.5. The van der Waals surface area contributed by atoms with Crippen molar-refractivity contribution in [1.29, 1.82) is 0 Å². The Balaban J connectivity index is 1.56. The molecule has 1 saturated heterocycles. The number of carbonyl (C=O) groups is 1. The van der Waals surface area contributed by atoms with Crippen LogP contribution in [0.5, 0.6) is 0 Å². The van der Waals surface area contributed by atoms with E-state index in [1.165, 1.54) is 37.8 Å². The highest BCUT2D eigenvalue weighted by Crippen LogP contribution is 2.24. The third kappa shape index (κ3) is 3.78. The standard InChI is InChI=1S/C18H26N2O/c21-18(19-16-9-3-1-4-10-16)15-8-7-13-20(14-15)17-11-5-2-6-12-17/h2,5-6,11-12,15-16H,1,3-4,7-10,13-14H2,(H,19,21)/t15-/m0/s1. The summed E-state index contributed by atoms with van der Waals surface area (Å²) in [5, 5.41) is 3.29. The smallest absolute Gasteiger partial charge is 0.225 e. The Morgan fingerprint density at radius 3 is 2.52 bits per heavy atom. The Hall–Kier alpha value is -1.51. The average Bonchev–Trinajstić information content (AvgIpc) is 2.57. The highest BCUT2D eigenvalue weighted by molar-refractivity contribution is 5.80. The first-order valence-corrected chi connectivity index (χ1v) is 8.43. The van der Waals surface area contributed by atoms with Crippen LogP contribution in [0.1, 0.15) is 44.9 Å². The number of hydrogen-bond acceptors (Lipinski definition) is 2. The van der Waals surface area contributed by atoms with Gasteiger partial charge in [0, 0.05) is 24.8 Å². The molecule has 1 atom stereocenters. The summed E-state index contributed by atoms with van der Waals surface area (Å²) in [6, 6.07) is 10.9. The van der Waals surface area contributed by atoms with Gasteiger partial charge in [-0.2, -0.15) is 0 Å². The Bertz CT molecular complexity index is 454. The average molecular weight is 286 g/mol. The van der Waals surface area contributed by atoms with Crippen LogP contribution in [-0.2, 0) is 4.79 Å². The van der Waals surface area contributed by atoms with Crippen molar-refractivity contribution in [3.8, 4) is 0 Å². The van der Waals surface area contributed by atoms with Gasteiger partial charge >= 0.3 is 0 Å². The Labute approximate surface area is 127 Å². The van der Waals surface area contributed by atoms with Crippen LogP contribution in [0, 0.1) is 5.92 Å². The molecular weight excluding hydrogens is 260 g/mol. The maximum atomic E-state index is 12.5. The van der Waals surface area contributed by atoms with E-state index in [-0.39, 0.29) is 11.8 Å². The molecule has 2 aliphatic rings. The van der Waals surface area contributed by atoms with Crippen LogP contribution in [0.2, 0.25) is 0 Å². The molecule has 3 heteroatoms. The maximum Gasteiger partial charge on any atom is 0.225 e. The number of rotatable bonds is 3. The molecule has 0 spiro atoms. The Kier molecular flexibility index (Phi) is 4.79. The van der Waals surface area contributed by atoms with Crippen molar-refractivity contribution in [2.45, 2.75) is 51.0 Å². The van der Waals surface area contributed by atoms with Crippen molar-refractivity contribution in [2.75, 3.05) is 18.0 Å². The molecule has 1 amide bonds. The summed E-state index contributed by atoms with van der Waals surface area (Å²) >= 11 is 0. The summed E-state index contributed by atoms with van der Waals surface area (Å²) in [6.07, 6.45) is 8.34. The zero-order valence-electron chi connectivity index (χ0n) is 12.8. The van der Waals surface area contributed by atoms with Gasteiger partial charge in [0.05, 0.1) is 5.92 Å². The van der Waals surface area contributed by atoms with Gasteiger partial charge in [-0.25, -0.2) is 0 Å². The van der Waals surface area contributed by atoms with E-state index in [1.54, 1.807) is 0 Å². The van der Waals surface area contributed by atoms with E-state index in [0.717, 1.165) is 25.9 Å². The van der Waals surface area contributed by atoms with Crippen LogP contribution in [0.25, 0.3) is 0 Å². The molecule has 1 heterocycles. The van der Waals surface area contributed by atoms with E-state index in [4.69, 9.17) is 0 Å². The SMILES string of the molecule is O=C(NC1CCCCC1)[C@H]1CCCN(c2ccccc2)C1. The fourth-order valence-corrected chi connectivity index (χ4v) is 3.63. The molecule has 1 saturated carbocycles. The largest absolute Gasteiger partial charge is 0.371 e. The molecular formula is C18H26N2O. The van der Waals surface area contributed by atoms with Crippen LogP contribution in [0.4, 0.5) is 5.69 Å². The van der Waals surface area contributed by atoms with Gasteiger partial charge in [0.2, 0.25) is 5.91 Å². The molecule has 0 radical (unpaired) electrons. The summed E-state index contributed by atoms with van der Waals surface area (Å²) < 4.78 is 0. The molecule has 0 aromatic heterocycles. The molecule has 1 aliphatic carbocycles. The summed E-state index contributed by atoms with van der Waals surface area (Å²) in [4.78, 5) is 14.9. The fraction of sp³-hybridized carbons (Fsp3) is 0.611. The fourth-order valence-electron chi connectivity index (χ4n) is 3.63. The second kappa shape index (κ2) is 6.97. The van der Waals surface area contributed by atoms with Gasteiger partial charge in [0.1, 0.15) is 0 Å². The molecule has 1 aliphatic heterocycles. The molecule has 0 bridgehead atoms. The van der Waals surface area contributed by atoms with Gasteiger partial charge in [-0.15, -0.1) is 0 Å². The van der Waals surface area contributed by atoms with Crippen molar-refractivity contribution >= 4 is 11.6 Å². The van der Waals surface area contributed by atoms with Gasteiger partial charge in [-0.3, -0.25) is 4.79 Å². The van der Waals surface area contributed by atoms with Crippen molar-refractivity contribution < 1.29 is 4.79 Å². The highest BCUT2D eigenvalue weighted by Gasteiger charge is 2.27. The molecule has 1 aromatic rings. The third-order valence-electron chi connectivity index (χ3n) is 4.87. The van der Waals surface area contributed by atoms with Crippen LogP contribution < -0.4 is 10.2 Å². The van der Waals surface area contributed by atoms with Crippen molar-refractivity contribution in [1.82, 2.24) is 5.32 Å². The summed E-state index contributed by atoms with van der Waals surface area (Å²) in [6.45, 7) is 1.93. The predicted octanol–water partition coefficient (Wildman–Crippen LogP) is 3.35. The lowest BCUT2D eigenvalue weighted by Gasteiger charge is -2.34. The van der Waals surface area contributed by atoms with Gasteiger partial charge in [-0.05, 0) is 37.8 Å². The van der Waals surface area contributed by atoms with Crippen LogP contribution in [0.15, 0.2) is 30.3 Å². The third-order valence-corrected chi connectivity index (χ3v) is 4.87. The number of nitrogens with one attached hydrogen (secondary N) is 1. The van der Waals surface area contributed by atoms with Crippen molar-refractivity contribution in [3.05, 3.63) is 30.3 Å². The first-order chi connectivity index (χ1) is 10.3. The minimum absolute atomic E-state index is 0.154. The molecule has 114 valence electrons. The van der Waals surface area contributed by atoms with E-state index < -0.39 is 0 Å². The van der Waals surface area contributed by atoms with E-state index in [1.807, 2.05) is 6.07 Å². The van der Waals surface area contributed by atoms with E-state index in [2.05, 4.69) is 34.5 Å². The van der Waals surface area contributed by atoms with E-state index in [9.17, 15) is 4.79 Å². The topological polar surface area (TPSA) is 32.3 Å². The van der Waals surface area contributed by atoms with Gasteiger partial charge in [-0.1, -0.05) is 37.5 Å². The number of benzene rings is 1. The summed E-state index contributed by atoms with van der Waals surface area (Å²) in [7, 11) is 0. The monoisotopic (exact) mass is 286 g/mol. The molecule has 2 fully saturated rings. The van der Waals surface area contributed by atoms with E-state index in [0.29, 0.717) is 6.04 Å². The molecule has 3 rings (SSSR count). The van der Waals surface area contributed by atoms with Crippen LogP contribution in [-0.4, -0.2) is 25.0 Å². The molecule has 1 N–H and O–H groups in total. The minimum Gasteiger partial charge on any atom is -0.371 e. The van der Waals surface area contributed by atoms with Gasteiger partial charge in [0.25, 0.3) is 0 Å². The first kappa shape index (κ1) is 14.4. The lowest BCUT2D eigenvalue weighted by molar-refractivity contribution is -0.126. The second-order valence-electron chi connectivity index (χ2n) is 6.46. The first-order valence-electron chi connectivity index (χ1n) is 8.43. The zero-order valence-corrected chi connectivity index (χ0v) is 12.8. The Morgan fingerprint density at radius 2 is 1.76 bits per heavy atom. The van der Waals surface area contributed by atoms with Gasteiger partial charge in [0.15, 0.2) is 0 Å². The highest BCUT2D eigenvalue weighted by atomic mass is 16.2. The number of hydrogen-bond donors (Lipinski definition) is 1. The number of anilines is 1. The lowest BCUT2D eigenvalue weighted by Crippen LogP contribution is -2.46. The van der Waals surface area contributed by atoms with E-state index >= 15 is 0 Å². The summed E-state index contributed by atoms with van der Waals surface area (Å²) in [5.41, 5.74) is 1.24.